The lowest BCUT2D eigenvalue weighted by molar-refractivity contribution is -0.117. The largest absolute Gasteiger partial charge is 0.478 e. The van der Waals surface area contributed by atoms with Crippen LogP contribution in [0.4, 0.5) is 5.69 Å². The smallest absolute Gasteiger partial charge is 0.336 e. The standard InChI is InChI=1S/C12H12BrNO3S/c13-10-2-1-8(4-9(10)12(16)17)14-5-7(6-18)3-11(14)15/h1-2,4,7,18H,3,5-6H2,(H,16,17). The van der Waals surface area contributed by atoms with Gasteiger partial charge in [0.1, 0.15) is 0 Å². The molecule has 1 fully saturated rings. The van der Waals surface area contributed by atoms with Crippen molar-refractivity contribution in [3.05, 3.63) is 28.2 Å². The molecule has 0 aromatic heterocycles. The molecule has 0 spiro atoms. The molecule has 1 atom stereocenters. The van der Waals surface area contributed by atoms with Gasteiger partial charge in [-0.05, 0) is 45.8 Å². The van der Waals surface area contributed by atoms with Crippen LogP contribution in [0.5, 0.6) is 0 Å². The number of hydrogen-bond donors (Lipinski definition) is 2. The van der Waals surface area contributed by atoms with E-state index in [1.165, 1.54) is 6.07 Å². The molecule has 1 aliphatic heterocycles. The van der Waals surface area contributed by atoms with Crippen molar-refractivity contribution in [3.63, 3.8) is 0 Å². The van der Waals surface area contributed by atoms with Crippen LogP contribution in [-0.4, -0.2) is 29.3 Å². The van der Waals surface area contributed by atoms with Crippen molar-refractivity contribution >= 4 is 46.1 Å². The van der Waals surface area contributed by atoms with Crippen LogP contribution in [0.1, 0.15) is 16.8 Å². The number of aromatic carboxylic acids is 1. The Kier molecular flexibility index (Phi) is 3.97. The Morgan fingerprint density at radius 1 is 1.56 bits per heavy atom. The topological polar surface area (TPSA) is 57.6 Å². The second kappa shape index (κ2) is 5.32. The van der Waals surface area contributed by atoms with Crippen LogP contribution >= 0.6 is 28.6 Å². The highest BCUT2D eigenvalue weighted by Crippen LogP contribution is 2.29. The Balaban J connectivity index is 2.32. The SMILES string of the molecule is O=C(O)c1cc(N2CC(CS)CC2=O)ccc1Br. The molecular formula is C12H12BrNO3S. The van der Waals surface area contributed by atoms with Gasteiger partial charge in [-0.1, -0.05) is 0 Å². The molecule has 1 amide bonds. The number of hydrogen-bond acceptors (Lipinski definition) is 3. The average molecular weight is 330 g/mol. The maximum atomic E-state index is 11.8. The third-order valence-corrected chi connectivity index (χ3v) is 4.16. The highest BCUT2D eigenvalue weighted by atomic mass is 79.9. The first kappa shape index (κ1) is 13.4. The van der Waals surface area contributed by atoms with Crippen molar-refractivity contribution < 1.29 is 14.7 Å². The third-order valence-electron chi connectivity index (χ3n) is 2.96. The second-order valence-electron chi connectivity index (χ2n) is 4.23. The van der Waals surface area contributed by atoms with Gasteiger partial charge < -0.3 is 10.0 Å². The zero-order valence-corrected chi connectivity index (χ0v) is 11.9. The van der Waals surface area contributed by atoms with Crippen molar-refractivity contribution in [1.82, 2.24) is 0 Å². The fraction of sp³-hybridized carbons (Fsp3) is 0.333. The molecular weight excluding hydrogens is 318 g/mol. The molecule has 0 aliphatic carbocycles. The van der Waals surface area contributed by atoms with Gasteiger partial charge >= 0.3 is 5.97 Å². The van der Waals surface area contributed by atoms with Crippen molar-refractivity contribution in [2.45, 2.75) is 6.42 Å². The fourth-order valence-electron chi connectivity index (χ4n) is 2.00. The van der Waals surface area contributed by atoms with Crippen LogP contribution in [0.15, 0.2) is 22.7 Å². The summed E-state index contributed by atoms with van der Waals surface area (Å²) in [7, 11) is 0. The summed E-state index contributed by atoms with van der Waals surface area (Å²) in [6.07, 6.45) is 0.474. The molecule has 0 saturated carbocycles. The van der Waals surface area contributed by atoms with Gasteiger partial charge in [0.15, 0.2) is 0 Å². The van der Waals surface area contributed by atoms with Crippen molar-refractivity contribution in [2.75, 3.05) is 17.2 Å². The van der Waals surface area contributed by atoms with Crippen LogP contribution < -0.4 is 4.90 Å². The third kappa shape index (κ3) is 2.54. The molecule has 1 aliphatic rings. The first-order chi connectivity index (χ1) is 8.52. The summed E-state index contributed by atoms with van der Waals surface area (Å²) in [5, 5.41) is 9.05. The number of halogens is 1. The number of benzene rings is 1. The van der Waals surface area contributed by atoms with E-state index in [1.54, 1.807) is 17.0 Å². The van der Waals surface area contributed by atoms with E-state index >= 15 is 0 Å². The number of carbonyl (C=O) groups is 2. The lowest BCUT2D eigenvalue weighted by Gasteiger charge is -2.17. The minimum absolute atomic E-state index is 0.0210. The number of rotatable bonds is 3. The lowest BCUT2D eigenvalue weighted by atomic mass is 10.1. The Bertz CT molecular complexity index is 506. The number of carboxylic acid groups (broad SMARTS) is 1. The molecule has 96 valence electrons. The number of carbonyl (C=O) groups excluding carboxylic acids is 1. The predicted octanol–water partition coefficient (Wildman–Crippen LogP) is 2.43. The summed E-state index contributed by atoms with van der Waals surface area (Å²) in [4.78, 5) is 24.5. The first-order valence-electron chi connectivity index (χ1n) is 5.47. The molecule has 0 radical (unpaired) electrons. The van der Waals surface area contributed by atoms with Gasteiger partial charge in [-0.3, -0.25) is 4.79 Å². The van der Waals surface area contributed by atoms with Crippen LogP contribution in [0.2, 0.25) is 0 Å². The number of thiol groups is 1. The molecule has 1 N–H and O–H groups in total. The Morgan fingerprint density at radius 3 is 2.83 bits per heavy atom. The Labute approximate surface area is 119 Å². The normalized spacial score (nSPS) is 19.3. The zero-order chi connectivity index (χ0) is 13.3. The van der Waals surface area contributed by atoms with E-state index in [9.17, 15) is 9.59 Å². The van der Waals surface area contributed by atoms with Crippen molar-refractivity contribution in [1.29, 1.82) is 0 Å². The molecule has 2 rings (SSSR count). The van der Waals surface area contributed by atoms with Gasteiger partial charge in [-0.15, -0.1) is 0 Å². The molecule has 1 unspecified atom stereocenters. The highest BCUT2D eigenvalue weighted by molar-refractivity contribution is 9.10. The summed E-state index contributed by atoms with van der Waals surface area (Å²) >= 11 is 7.38. The maximum absolute atomic E-state index is 11.8. The average Bonchev–Trinajstić information content (AvgIpc) is 2.71. The zero-order valence-electron chi connectivity index (χ0n) is 9.47. The number of nitrogens with zero attached hydrogens (tertiary/aromatic N) is 1. The van der Waals surface area contributed by atoms with Gasteiger partial charge in [0, 0.05) is 23.1 Å². The molecule has 1 aromatic carbocycles. The molecule has 6 heteroatoms. The minimum atomic E-state index is -1.01. The van der Waals surface area contributed by atoms with Crippen LogP contribution in [0, 0.1) is 5.92 Å². The van der Waals surface area contributed by atoms with E-state index in [0.29, 0.717) is 28.9 Å². The maximum Gasteiger partial charge on any atom is 0.336 e. The minimum Gasteiger partial charge on any atom is -0.478 e. The lowest BCUT2D eigenvalue weighted by Crippen LogP contribution is -2.25. The van der Waals surface area contributed by atoms with E-state index in [1.807, 2.05) is 0 Å². The Hall–Kier alpha value is -1.01. The van der Waals surface area contributed by atoms with E-state index in [4.69, 9.17) is 5.11 Å². The predicted molar refractivity (Wildman–Crippen MR) is 75.4 cm³/mol. The first-order valence-corrected chi connectivity index (χ1v) is 6.89. The number of amides is 1. The fourth-order valence-corrected chi connectivity index (χ4v) is 2.66. The quantitative estimate of drug-likeness (QED) is 0.837. The second-order valence-corrected chi connectivity index (χ2v) is 5.45. The summed E-state index contributed by atoms with van der Waals surface area (Å²) in [5.74, 6) is -0.100. The van der Waals surface area contributed by atoms with Gasteiger partial charge in [0.2, 0.25) is 5.91 Å². The molecule has 1 aromatic rings. The molecule has 1 saturated heterocycles. The van der Waals surface area contributed by atoms with Crippen molar-refractivity contribution in [2.24, 2.45) is 5.92 Å². The van der Waals surface area contributed by atoms with Gasteiger partial charge in [0.05, 0.1) is 5.56 Å². The van der Waals surface area contributed by atoms with Crippen molar-refractivity contribution in [3.8, 4) is 0 Å². The summed E-state index contributed by atoms with van der Waals surface area (Å²) in [6, 6.07) is 4.92. The molecule has 0 bridgehead atoms. The number of carboxylic acids is 1. The summed E-state index contributed by atoms with van der Waals surface area (Å²) in [5.41, 5.74) is 0.791. The molecule has 1 heterocycles. The molecule has 4 nitrogen and oxygen atoms in total. The van der Waals surface area contributed by atoms with E-state index in [0.717, 1.165) is 0 Å². The van der Waals surface area contributed by atoms with E-state index in [2.05, 4.69) is 28.6 Å². The monoisotopic (exact) mass is 329 g/mol. The Morgan fingerprint density at radius 2 is 2.28 bits per heavy atom. The van der Waals surface area contributed by atoms with Gasteiger partial charge in [-0.25, -0.2) is 4.79 Å². The van der Waals surface area contributed by atoms with Gasteiger partial charge in [0.25, 0.3) is 0 Å². The van der Waals surface area contributed by atoms with Crippen LogP contribution in [0.3, 0.4) is 0 Å². The molecule has 18 heavy (non-hydrogen) atoms. The number of anilines is 1. The highest BCUT2D eigenvalue weighted by Gasteiger charge is 2.30. The summed E-state index contributed by atoms with van der Waals surface area (Å²) in [6.45, 7) is 0.600. The van der Waals surface area contributed by atoms with Crippen LogP contribution in [-0.2, 0) is 4.79 Å². The van der Waals surface area contributed by atoms with E-state index < -0.39 is 5.97 Å². The van der Waals surface area contributed by atoms with Crippen LogP contribution in [0.25, 0.3) is 0 Å². The summed E-state index contributed by atoms with van der Waals surface area (Å²) < 4.78 is 0.510. The van der Waals surface area contributed by atoms with Gasteiger partial charge in [-0.2, -0.15) is 12.6 Å². The van der Waals surface area contributed by atoms with E-state index in [-0.39, 0.29) is 17.4 Å².